The fraction of sp³-hybridized carbons (Fsp3) is 0.593. The molecule has 4 rings (SSSR count). The van der Waals surface area contributed by atoms with Crippen molar-refractivity contribution in [2.24, 2.45) is 0 Å². The molecule has 0 spiro atoms. The van der Waals surface area contributed by atoms with Gasteiger partial charge >= 0.3 is 0 Å². The maximum atomic E-state index is 13.6. The number of rotatable bonds is 6. The largest absolute Gasteiger partial charge is 0.497 e. The lowest BCUT2D eigenvalue weighted by Crippen LogP contribution is -2.44. The third-order valence-electron chi connectivity index (χ3n) is 6.40. The zero-order valence-electron chi connectivity index (χ0n) is 22.6. The molecule has 1 aromatic heterocycles. The first kappa shape index (κ1) is 26.4. The molecule has 1 saturated carbocycles. The highest BCUT2D eigenvalue weighted by molar-refractivity contribution is 8.00. The smallest absolute Gasteiger partial charge is 0.240 e. The Hall–Kier alpha value is -2.68. The SMILES string of the molecule is COc1ccc(OC)c(C2SCC(=O)N(CC(=O)NC3CC3)c3c2c(C(C)(C)C)nn3C(C)(C)C)c1. The first-order valence-corrected chi connectivity index (χ1v) is 13.5. The van der Waals surface area contributed by atoms with Crippen molar-refractivity contribution in [3.05, 3.63) is 35.0 Å². The summed E-state index contributed by atoms with van der Waals surface area (Å²) in [5.41, 5.74) is 2.04. The molecule has 0 bridgehead atoms. The molecule has 0 saturated heterocycles. The van der Waals surface area contributed by atoms with Crippen LogP contribution in [0.5, 0.6) is 11.5 Å². The van der Waals surface area contributed by atoms with Gasteiger partial charge in [0.2, 0.25) is 11.8 Å². The molecule has 2 heterocycles. The summed E-state index contributed by atoms with van der Waals surface area (Å²) in [6.45, 7) is 12.6. The number of carbonyl (C=O) groups is 2. The Kier molecular flexibility index (Phi) is 7.07. The van der Waals surface area contributed by atoms with Crippen molar-refractivity contribution in [3.8, 4) is 11.5 Å². The number of benzene rings is 1. The minimum atomic E-state index is -0.420. The van der Waals surface area contributed by atoms with E-state index in [1.807, 2.05) is 22.9 Å². The van der Waals surface area contributed by atoms with E-state index in [1.165, 1.54) is 11.8 Å². The Morgan fingerprint density at radius 3 is 2.39 bits per heavy atom. The Morgan fingerprint density at radius 1 is 1.14 bits per heavy atom. The monoisotopic (exact) mass is 514 g/mol. The minimum absolute atomic E-state index is 0.0315. The number of hydrogen-bond donors (Lipinski definition) is 1. The molecule has 1 aliphatic carbocycles. The van der Waals surface area contributed by atoms with E-state index < -0.39 is 5.54 Å². The van der Waals surface area contributed by atoms with Gasteiger partial charge in [-0.3, -0.25) is 14.5 Å². The Morgan fingerprint density at radius 2 is 1.83 bits per heavy atom. The molecule has 8 nitrogen and oxygen atoms in total. The standard InChI is InChI=1S/C27H38N4O4S/c1-26(2,3)24-22-23(18-13-17(34-7)11-12-19(18)35-8)36-15-21(33)30(14-20(32)28-16-9-10-16)25(22)31(29-24)27(4,5)6/h11-13,16,23H,9-10,14-15H2,1-8H3,(H,28,32). The summed E-state index contributed by atoms with van der Waals surface area (Å²) in [5, 5.41) is 7.92. The fourth-order valence-corrected chi connectivity index (χ4v) is 5.69. The second-order valence-corrected chi connectivity index (χ2v) is 12.6. The van der Waals surface area contributed by atoms with Crippen LogP contribution in [-0.2, 0) is 20.5 Å². The topological polar surface area (TPSA) is 85.7 Å². The number of carbonyl (C=O) groups excluding carboxylic acids is 2. The number of thioether (sulfide) groups is 1. The van der Waals surface area contributed by atoms with Gasteiger partial charge in [0.25, 0.3) is 0 Å². The van der Waals surface area contributed by atoms with Crippen LogP contribution < -0.4 is 19.7 Å². The van der Waals surface area contributed by atoms with Crippen LogP contribution in [0.3, 0.4) is 0 Å². The molecule has 2 aromatic rings. The second-order valence-electron chi connectivity index (χ2n) is 11.5. The lowest BCUT2D eigenvalue weighted by Gasteiger charge is -2.29. The molecule has 1 aliphatic heterocycles. The third-order valence-corrected chi connectivity index (χ3v) is 7.63. The second kappa shape index (κ2) is 9.65. The number of methoxy groups -OCH3 is 2. The van der Waals surface area contributed by atoms with Crippen molar-refractivity contribution in [2.45, 2.75) is 76.6 Å². The summed E-state index contributed by atoms with van der Waals surface area (Å²) in [4.78, 5) is 28.2. The van der Waals surface area contributed by atoms with E-state index in [9.17, 15) is 9.59 Å². The average Bonchev–Trinajstić information content (AvgIpc) is 3.53. The van der Waals surface area contributed by atoms with Gasteiger partial charge in [-0.1, -0.05) is 20.8 Å². The van der Waals surface area contributed by atoms with Gasteiger partial charge in [0.15, 0.2) is 0 Å². The molecular weight excluding hydrogens is 476 g/mol. The zero-order valence-corrected chi connectivity index (χ0v) is 23.4. The minimum Gasteiger partial charge on any atom is -0.497 e. The number of aromatic nitrogens is 2. The Labute approximate surface area is 218 Å². The summed E-state index contributed by atoms with van der Waals surface area (Å²) in [6, 6.07) is 5.96. The summed E-state index contributed by atoms with van der Waals surface area (Å²) in [6.07, 6.45) is 1.99. The maximum absolute atomic E-state index is 13.6. The Balaban J connectivity index is 1.98. The van der Waals surface area contributed by atoms with Crippen LogP contribution in [0.25, 0.3) is 0 Å². The highest BCUT2D eigenvalue weighted by atomic mass is 32.2. The molecule has 1 aromatic carbocycles. The molecule has 1 fully saturated rings. The average molecular weight is 515 g/mol. The summed E-state index contributed by atoms with van der Waals surface area (Å²) in [7, 11) is 3.29. The van der Waals surface area contributed by atoms with Crippen LogP contribution >= 0.6 is 11.8 Å². The number of ether oxygens (including phenoxy) is 2. The van der Waals surface area contributed by atoms with Gasteiger partial charge < -0.3 is 14.8 Å². The van der Waals surface area contributed by atoms with Crippen LogP contribution in [0.1, 0.15) is 76.5 Å². The number of amides is 2. The first-order chi connectivity index (χ1) is 16.8. The van der Waals surface area contributed by atoms with Crippen molar-refractivity contribution >= 4 is 29.4 Å². The molecule has 196 valence electrons. The van der Waals surface area contributed by atoms with Crippen LogP contribution in [0, 0.1) is 0 Å². The zero-order chi connectivity index (χ0) is 26.4. The van der Waals surface area contributed by atoms with Gasteiger partial charge in [0.05, 0.1) is 36.5 Å². The molecule has 36 heavy (non-hydrogen) atoms. The molecule has 9 heteroatoms. The number of nitrogens with one attached hydrogen (secondary N) is 1. The van der Waals surface area contributed by atoms with E-state index >= 15 is 0 Å². The van der Waals surface area contributed by atoms with Gasteiger partial charge in [0, 0.05) is 22.6 Å². The molecule has 2 amide bonds. The van der Waals surface area contributed by atoms with Crippen molar-refractivity contribution in [2.75, 3.05) is 31.4 Å². The quantitative estimate of drug-likeness (QED) is 0.615. The lowest BCUT2D eigenvalue weighted by atomic mass is 9.87. The lowest BCUT2D eigenvalue weighted by molar-refractivity contribution is -0.123. The number of anilines is 1. The fourth-order valence-electron chi connectivity index (χ4n) is 4.48. The highest BCUT2D eigenvalue weighted by Crippen LogP contribution is 2.51. The number of fused-ring (bicyclic) bond motifs is 1. The van der Waals surface area contributed by atoms with Gasteiger partial charge in [0.1, 0.15) is 23.9 Å². The molecule has 2 aliphatic rings. The van der Waals surface area contributed by atoms with Crippen molar-refractivity contribution in [1.82, 2.24) is 15.1 Å². The van der Waals surface area contributed by atoms with E-state index in [4.69, 9.17) is 14.6 Å². The van der Waals surface area contributed by atoms with Crippen molar-refractivity contribution in [3.63, 3.8) is 0 Å². The van der Waals surface area contributed by atoms with E-state index in [2.05, 4.69) is 46.9 Å². The Bertz CT molecular complexity index is 1160. The molecule has 1 atom stereocenters. The van der Waals surface area contributed by atoms with E-state index in [1.54, 1.807) is 19.1 Å². The summed E-state index contributed by atoms with van der Waals surface area (Å²) >= 11 is 1.54. The normalized spacial score (nSPS) is 18.5. The summed E-state index contributed by atoms with van der Waals surface area (Å²) < 4.78 is 13.2. The predicted molar refractivity (Wildman–Crippen MR) is 143 cm³/mol. The maximum Gasteiger partial charge on any atom is 0.240 e. The first-order valence-electron chi connectivity index (χ1n) is 12.4. The van der Waals surface area contributed by atoms with Crippen LogP contribution in [-0.4, -0.2) is 54.2 Å². The van der Waals surface area contributed by atoms with Crippen LogP contribution in [0.4, 0.5) is 5.82 Å². The van der Waals surface area contributed by atoms with E-state index in [0.29, 0.717) is 11.6 Å². The van der Waals surface area contributed by atoms with Crippen LogP contribution in [0.2, 0.25) is 0 Å². The molecule has 0 radical (unpaired) electrons. The molecular formula is C27H38N4O4S. The number of hydrogen-bond acceptors (Lipinski definition) is 6. The van der Waals surface area contributed by atoms with Gasteiger partial charge in [-0.25, -0.2) is 4.68 Å². The third kappa shape index (κ3) is 5.21. The summed E-state index contributed by atoms with van der Waals surface area (Å²) in [5.74, 6) is 2.09. The molecule has 1 N–H and O–H groups in total. The van der Waals surface area contributed by atoms with Gasteiger partial charge in [-0.05, 0) is 51.8 Å². The molecule has 1 unspecified atom stereocenters. The van der Waals surface area contributed by atoms with Crippen LogP contribution in [0.15, 0.2) is 18.2 Å². The van der Waals surface area contributed by atoms with Gasteiger partial charge in [-0.15, -0.1) is 11.8 Å². The van der Waals surface area contributed by atoms with Crippen molar-refractivity contribution < 1.29 is 19.1 Å². The van der Waals surface area contributed by atoms with E-state index in [0.717, 1.165) is 35.4 Å². The highest BCUT2D eigenvalue weighted by Gasteiger charge is 2.42. The predicted octanol–water partition coefficient (Wildman–Crippen LogP) is 4.40. The van der Waals surface area contributed by atoms with E-state index in [-0.39, 0.29) is 40.8 Å². The van der Waals surface area contributed by atoms with Crippen molar-refractivity contribution in [1.29, 1.82) is 0 Å². The van der Waals surface area contributed by atoms with Gasteiger partial charge in [-0.2, -0.15) is 5.10 Å². The number of nitrogens with zero attached hydrogens (tertiary/aromatic N) is 3.